The number of carboxylic acid groups (broad SMARTS) is 1. The Labute approximate surface area is 106 Å². The molecule has 0 atom stereocenters. The first-order valence-electron chi connectivity index (χ1n) is 5.88. The fourth-order valence-electron chi connectivity index (χ4n) is 2.04. The second kappa shape index (κ2) is 5.70. The van der Waals surface area contributed by atoms with Crippen LogP contribution in [-0.4, -0.2) is 54.1 Å². The van der Waals surface area contributed by atoms with E-state index in [1.807, 2.05) is 0 Å². The molecule has 0 spiro atoms. The number of likely N-dealkylation sites (N-methyl/N-ethyl adjacent to an activating group) is 2. The van der Waals surface area contributed by atoms with Crippen LogP contribution >= 0.6 is 0 Å². The van der Waals surface area contributed by atoms with E-state index in [-0.39, 0.29) is 12.5 Å². The van der Waals surface area contributed by atoms with E-state index in [1.165, 1.54) is 19.0 Å². The summed E-state index contributed by atoms with van der Waals surface area (Å²) in [6.07, 6.45) is 2.43. The number of hydrogen-bond acceptors (Lipinski definition) is 3. The molecule has 0 aromatic rings. The molecule has 0 aromatic heterocycles. The number of amides is 3. The zero-order valence-electron chi connectivity index (χ0n) is 10.7. The summed E-state index contributed by atoms with van der Waals surface area (Å²) in [5.41, 5.74) is -1.17. The third kappa shape index (κ3) is 3.12. The summed E-state index contributed by atoms with van der Waals surface area (Å²) in [6.45, 7) is -0.0992. The van der Waals surface area contributed by atoms with E-state index in [2.05, 4.69) is 10.6 Å². The Bertz CT molecular complexity index is 350. The molecule has 0 heterocycles. The summed E-state index contributed by atoms with van der Waals surface area (Å²) in [7, 11) is 2.93. The summed E-state index contributed by atoms with van der Waals surface area (Å²) >= 11 is 0. The molecule has 7 nitrogen and oxygen atoms in total. The lowest BCUT2D eigenvalue weighted by Crippen LogP contribution is -2.56. The van der Waals surface area contributed by atoms with E-state index >= 15 is 0 Å². The lowest BCUT2D eigenvalue weighted by Gasteiger charge is -2.28. The second-order valence-electron chi connectivity index (χ2n) is 4.55. The highest BCUT2D eigenvalue weighted by Crippen LogP contribution is 2.29. The fraction of sp³-hybridized carbons (Fsp3) is 0.727. The summed E-state index contributed by atoms with van der Waals surface area (Å²) in [6, 6.07) is -0.539. The Hall–Kier alpha value is -1.79. The number of aliphatic carboxylic acids is 1. The molecule has 0 saturated heterocycles. The zero-order chi connectivity index (χ0) is 13.8. The van der Waals surface area contributed by atoms with Crippen molar-refractivity contribution in [2.75, 3.05) is 20.6 Å². The molecule has 1 aliphatic carbocycles. The van der Waals surface area contributed by atoms with Crippen molar-refractivity contribution in [2.45, 2.75) is 31.2 Å². The number of nitrogens with one attached hydrogen (secondary N) is 2. The van der Waals surface area contributed by atoms with Crippen LogP contribution in [0.15, 0.2) is 0 Å². The molecule has 0 bridgehead atoms. The van der Waals surface area contributed by atoms with Gasteiger partial charge in [0, 0.05) is 14.1 Å². The van der Waals surface area contributed by atoms with Crippen molar-refractivity contribution < 1.29 is 19.5 Å². The predicted molar refractivity (Wildman–Crippen MR) is 64.1 cm³/mol. The minimum Gasteiger partial charge on any atom is -0.480 e. The molecular formula is C11H19N3O4. The first-order valence-corrected chi connectivity index (χ1v) is 5.88. The Balaban J connectivity index is 2.62. The van der Waals surface area contributed by atoms with Crippen molar-refractivity contribution in [1.82, 2.24) is 15.5 Å². The molecule has 0 radical (unpaired) electrons. The van der Waals surface area contributed by atoms with Gasteiger partial charge in [0.2, 0.25) is 5.91 Å². The van der Waals surface area contributed by atoms with E-state index in [4.69, 9.17) is 0 Å². The van der Waals surface area contributed by atoms with E-state index in [0.717, 1.165) is 12.8 Å². The highest BCUT2D eigenvalue weighted by Gasteiger charge is 2.43. The van der Waals surface area contributed by atoms with Gasteiger partial charge in [-0.05, 0) is 12.8 Å². The molecule has 1 fully saturated rings. The Morgan fingerprint density at radius 2 is 1.83 bits per heavy atom. The molecule has 18 heavy (non-hydrogen) atoms. The largest absolute Gasteiger partial charge is 0.480 e. The highest BCUT2D eigenvalue weighted by molar-refractivity contribution is 5.88. The molecule has 1 saturated carbocycles. The maximum absolute atomic E-state index is 11.8. The number of carbonyl (C=O) groups excluding carboxylic acids is 2. The van der Waals surface area contributed by atoms with Crippen LogP contribution in [0.25, 0.3) is 0 Å². The first-order chi connectivity index (χ1) is 8.41. The Morgan fingerprint density at radius 3 is 2.28 bits per heavy atom. The quantitative estimate of drug-likeness (QED) is 0.648. The van der Waals surface area contributed by atoms with Crippen molar-refractivity contribution in [2.24, 2.45) is 0 Å². The third-order valence-corrected chi connectivity index (χ3v) is 3.22. The van der Waals surface area contributed by atoms with Gasteiger partial charge >= 0.3 is 12.0 Å². The van der Waals surface area contributed by atoms with Gasteiger partial charge in [-0.2, -0.15) is 0 Å². The van der Waals surface area contributed by atoms with Crippen LogP contribution in [0.1, 0.15) is 25.7 Å². The summed E-state index contributed by atoms with van der Waals surface area (Å²) in [4.78, 5) is 35.4. The second-order valence-corrected chi connectivity index (χ2v) is 4.55. The molecule has 1 rings (SSSR count). The van der Waals surface area contributed by atoms with Crippen LogP contribution in [0.4, 0.5) is 4.79 Å². The SMILES string of the molecule is CNC(=O)CN(C)C(=O)NC1(C(=O)O)CCCC1. The lowest BCUT2D eigenvalue weighted by molar-refractivity contribution is -0.144. The van der Waals surface area contributed by atoms with Gasteiger partial charge in [0.1, 0.15) is 12.1 Å². The maximum Gasteiger partial charge on any atom is 0.329 e. The third-order valence-electron chi connectivity index (χ3n) is 3.22. The number of rotatable bonds is 4. The number of carboxylic acids is 1. The minimum atomic E-state index is -1.17. The van der Waals surface area contributed by atoms with Gasteiger partial charge in [-0.15, -0.1) is 0 Å². The van der Waals surface area contributed by atoms with Crippen LogP contribution < -0.4 is 10.6 Å². The van der Waals surface area contributed by atoms with Gasteiger partial charge < -0.3 is 20.6 Å². The van der Waals surface area contributed by atoms with Crippen molar-refractivity contribution in [3.63, 3.8) is 0 Å². The van der Waals surface area contributed by atoms with E-state index < -0.39 is 17.5 Å². The average Bonchev–Trinajstić information content (AvgIpc) is 2.78. The minimum absolute atomic E-state index is 0.0992. The zero-order valence-corrected chi connectivity index (χ0v) is 10.7. The van der Waals surface area contributed by atoms with Crippen molar-refractivity contribution in [3.8, 4) is 0 Å². The lowest BCUT2D eigenvalue weighted by atomic mass is 9.98. The fourth-order valence-corrected chi connectivity index (χ4v) is 2.04. The molecule has 3 amide bonds. The van der Waals surface area contributed by atoms with Crippen molar-refractivity contribution >= 4 is 17.9 Å². The molecule has 3 N–H and O–H groups in total. The van der Waals surface area contributed by atoms with Gasteiger partial charge in [0.15, 0.2) is 0 Å². The molecule has 102 valence electrons. The van der Waals surface area contributed by atoms with Crippen LogP contribution in [0, 0.1) is 0 Å². The van der Waals surface area contributed by atoms with Crippen LogP contribution in [0.3, 0.4) is 0 Å². The standard InChI is InChI=1S/C11H19N3O4/c1-12-8(15)7-14(2)10(18)13-11(9(16)17)5-3-4-6-11/h3-7H2,1-2H3,(H,12,15)(H,13,18)(H,16,17). The van der Waals surface area contributed by atoms with Gasteiger partial charge in [0.25, 0.3) is 0 Å². The summed E-state index contributed by atoms with van der Waals surface area (Å²) < 4.78 is 0. The van der Waals surface area contributed by atoms with Crippen LogP contribution in [0.2, 0.25) is 0 Å². The van der Waals surface area contributed by atoms with E-state index in [1.54, 1.807) is 0 Å². The molecule has 0 unspecified atom stereocenters. The Morgan fingerprint density at radius 1 is 1.28 bits per heavy atom. The normalized spacial score (nSPS) is 17.0. The first kappa shape index (κ1) is 14.3. The summed E-state index contributed by atoms with van der Waals surface area (Å²) in [5, 5.41) is 14.1. The van der Waals surface area contributed by atoms with E-state index in [9.17, 15) is 19.5 Å². The molecular weight excluding hydrogens is 238 g/mol. The van der Waals surface area contributed by atoms with E-state index in [0.29, 0.717) is 12.8 Å². The number of urea groups is 1. The van der Waals surface area contributed by atoms with Crippen LogP contribution in [0.5, 0.6) is 0 Å². The topological polar surface area (TPSA) is 98.7 Å². The van der Waals surface area contributed by atoms with Crippen molar-refractivity contribution in [1.29, 1.82) is 0 Å². The van der Waals surface area contributed by atoms with Gasteiger partial charge in [0.05, 0.1) is 0 Å². The highest BCUT2D eigenvalue weighted by atomic mass is 16.4. The summed E-state index contributed by atoms with van der Waals surface area (Å²) in [5.74, 6) is -1.31. The Kier molecular flexibility index (Phi) is 4.52. The smallest absolute Gasteiger partial charge is 0.329 e. The average molecular weight is 257 g/mol. The monoisotopic (exact) mass is 257 g/mol. The van der Waals surface area contributed by atoms with Gasteiger partial charge in [-0.25, -0.2) is 9.59 Å². The molecule has 0 aliphatic heterocycles. The number of carbonyl (C=O) groups is 3. The molecule has 7 heteroatoms. The molecule has 1 aliphatic rings. The number of nitrogens with zero attached hydrogens (tertiary/aromatic N) is 1. The van der Waals surface area contributed by atoms with Crippen LogP contribution in [-0.2, 0) is 9.59 Å². The van der Waals surface area contributed by atoms with Gasteiger partial charge in [-0.1, -0.05) is 12.8 Å². The van der Waals surface area contributed by atoms with Gasteiger partial charge in [-0.3, -0.25) is 4.79 Å². The maximum atomic E-state index is 11.8. The number of hydrogen-bond donors (Lipinski definition) is 3. The molecule has 0 aromatic carbocycles. The van der Waals surface area contributed by atoms with Crippen molar-refractivity contribution in [3.05, 3.63) is 0 Å². The predicted octanol–water partition coefficient (Wildman–Crippen LogP) is -0.229.